The second-order valence-electron chi connectivity index (χ2n) is 6.42. The van der Waals surface area contributed by atoms with Gasteiger partial charge in [0.1, 0.15) is 0 Å². The van der Waals surface area contributed by atoms with Crippen molar-refractivity contribution in [1.82, 2.24) is 5.32 Å². The zero-order valence-corrected chi connectivity index (χ0v) is 16.0. The number of anilines is 1. The lowest BCUT2D eigenvalue weighted by molar-refractivity contribution is -0.118. The predicted octanol–water partition coefficient (Wildman–Crippen LogP) is 3.23. The third-order valence-corrected chi connectivity index (χ3v) is 5.16. The van der Waals surface area contributed by atoms with Crippen molar-refractivity contribution in [2.45, 2.75) is 18.6 Å². The minimum Gasteiger partial charge on any atom is -0.378 e. The molecule has 5 nitrogen and oxygen atoms in total. The molecule has 2 aromatic rings. The van der Waals surface area contributed by atoms with Crippen LogP contribution in [0, 0.1) is 6.92 Å². The Bertz CT molecular complexity index is 826. The third kappa shape index (κ3) is 4.73. The van der Waals surface area contributed by atoms with Crippen molar-refractivity contribution < 1.29 is 4.79 Å². The highest BCUT2D eigenvalue weighted by Crippen LogP contribution is 2.23. The Balaban J connectivity index is 1.59. The maximum Gasteiger partial charge on any atom is 0.239 e. The van der Waals surface area contributed by atoms with Crippen molar-refractivity contribution in [2.24, 2.45) is 10.2 Å². The van der Waals surface area contributed by atoms with Gasteiger partial charge in [-0.25, -0.2) is 0 Å². The second kappa shape index (κ2) is 8.19. The summed E-state index contributed by atoms with van der Waals surface area (Å²) in [7, 11) is 4.00. The van der Waals surface area contributed by atoms with Crippen molar-refractivity contribution in [2.75, 3.05) is 19.0 Å². The number of carbonyl (C=O) groups is 1. The SMILES string of the molecule is Cc1ccc(C[C@H]2S/C(=N/N=C/c3ccc(N(C)C)cc3)NC2=O)cc1. The smallest absolute Gasteiger partial charge is 0.239 e. The zero-order valence-electron chi connectivity index (χ0n) is 15.1. The molecule has 1 aliphatic heterocycles. The van der Waals surface area contributed by atoms with Crippen LogP contribution in [-0.2, 0) is 11.2 Å². The number of amides is 1. The number of hydrogen-bond donors (Lipinski definition) is 1. The molecule has 2 aromatic carbocycles. The van der Waals surface area contributed by atoms with Crippen molar-refractivity contribution in [1.29, 1.82) is 0 Å². The molecule has 26 heavy (non-hydrogen) atoms. The number of thioether (sulfide) groups is 1. The lowest BCUT2D eigenvalue weighted by atomic mass is 10.1. The van der Waals surface area contributed by atoms with Gasteiger partial charge in [0, 0.05) is 19.8 Å². The van der Waals surface area contributed by atoms with Crippen LogP contribution in [0.2, 0.25) is 0 Å². The fourth-order valence-corrected chi connectivity index (χ4v) is 3.50. The highest BCUT2D eigenvalue weighted by atomic mass is 32.2. The first kappa shape index (κ1) is 18.2. The van der Waals surface area contributed by atoms with Crippen molar-refractivity contribution >= 4 is 34.7 Å². The van der Waals surface area contributed by atoms with Crippen molar-refractivity contribution in [3.05, 3.63) is 65.2 Å². The van der Waals surface area contributed by atoms with Crippen LogP contribution in [0.1, 0.15) is 16.7 Å². The number of aryl methyl sites for hydroxylation is 1. The first-order chi connectivity index (χ1) is 12.5. The third-order valence-electron chi connectivity index (χ3n) is 4.08. The normalized spacial score (nSPS) is 18.5. The summed E-state index contributed by atoms with van der Waals surface area (Å²) in [5.74, 6) is -0.0140. The van der Waals surface area contributed by atoms with Gasteiger partial charge in [0.2, 0.25) is 5.91 Å². The minimum atomic E-state index is -0.161. The van der Waals surface area contributed by atoms with E-state index in [9.17, 15) is 4.79 Å². The van der Waals surface area contributed by atoms with Gasteiger partial charge in [0.25, 0.3) is 0 Å². The Labute approximate surface area is 158 Å². The molecule has 0 bridgehead atoms. The van der Waals surface area contributed by atoms with E-state index in [1.807, 2.05) is 43.3 Å². The van der Waals surface area contributed by atoms with E-state index in [4.69, 9.17) is 0 Å². The Morgan fingerprint density at radius 3 is 2.46 bits per heavy atom. The number of amidine groups is 1. The number of nitrogens with one attached hydrogen (secondary N) is 1. The summed E-state index contributed by atoms with van der Waals surface area (Å²) in [5, 5.41) is 11.4. The molecular weight excluding hydrogens is 344 g/mol. The fourth-order valence-electron chi connectivity index (χ4n) is 2.53. The molecule has 0 aromatic heterocycles. The molecule has 1 fully saturated rings. The highest BCUT2D eigenvalue weighted by Gasteiger charge is 2.30. The van der Waals surface area contributed by atoms with Crippen LogP contribution in [0.3, 0.4) is 0 Å². The van der Waals surface area contributed by atoms with Gasteiger partial charge < -0.3 is 10.2 Å². The van der Waals surface area contributed by atoms with E-state index < -0.39 is 0 Å². The lowest BCUT2D eigenvalue weighted by Crippen LogP contribution is -2.25. The number of nitrogens with zero attached hydrogens (tertiary/aromatic N) is 3. The van der Waals surface area contributed by atoms with Gasteiger partial charge in [-0.2, -0.15) is 5.10 Å². The summed E-state index contributed by atoms with van der Waals surface area (Å²) in [6.45, 7) is 2.05. The molecule has 1 saturated heterocycles. The maximum atomic E-state index is 12.1. The van der Waals surface area contributed by atoms with Crippen molar-refractivity contribution in [3.63, 3.8) is 0 Å². The van der Waals surface area contributed by atoms with Gasteiger partial charge in [-0.3, -0.25) is 4.79 Å². The van der Waals surface area contributed by atoms with Gasteiger partial charge in [0.15, 0.2) is 5.17 Å². The van der Waals surface area contributed by atoms with Gasteiger partial charge in [-0.05, 0) is 36.6 Å². The van der Waals surface area contributed by atoms with E-state index in [0.717, 1.165) is 16.8 Å². The van der Waals surface area contributed by atoms with Gasteiger partial charge in [-0.15, -0.1) is 5.10 Å². The highest BCUT2D eigenvalue weighted by molar-refractivity contribution is 8.15. The second-order valence-corrected chi connectivity index (χ2v) is 7.61. The van der Waals surface area contributed by atoms with Gasteiger partial charge >= 0.3 is 0 Å². The minimum absolute atomic E-state index is 0.0140. The Morgan fingerprint density at radius 2 is 1.81 bits per heavy atom. The molecule has 1 heterocycles. The van der Waals surface area contributed by atoms with Crippen LogP contribution < -0.4 is 10.2 Å². The van der Waals surface area contributed by atoms with Gasteiger partial charge in [0.05, 0.1) is 11.5 Å². The largest absolute Gasteiger partial charge is 0.378 e. The van der Waals surface area contributed by atoms with E-state index in [2.05, 4.69) is 46.7 Å². The molecule has 0 spiro atoms. The first-order valence-corrected chi connectivity index (χ1v) is 9.31. The monoisotopic (exact) mass is 366 g/mol. The van der Waals surface area contributed by atoms with E-state index in [1.165, 1.54) is 17.3 Å². The molecule has 134 valence electrons. The van der Waals surface area contributed by atoms with E-state index in [0.29, 0.717) is 11.6 Å². The summed E-state index contributed by atoms with van der Waals surface area (Å²) in [5.41, 5.74) is 4.46. The standard InChI is InChI=1S/C20H22N4OS/c1-14-4-6-15(7-5-14)12-18-19(25)22-20(26-18)23-21-13-16-8-10-17(11-9-16)24(2)3/h4-11,13,18H,12H2,1-3H3,(H,22,23,25)/b21-13+/t18-/m1/s1. The van der Waals surface area contributed by atoms with Crippen LogP contribution in [-0.4, -0.2) is 36.6 Å². The molecule has 0 radical (unpaired) electrons. The van der Waals surface area contributed by atoms with Gasteiger partial charge in [-0.1, -0.05) is 53.7 Å². The topological polar surface area (TPSA) is 57.1 Å². The first-order valence-electron chi connectivity index (χ1n) is 8.43. The van der Waals surface area contributed by atoms with Crippen LogP contribution in [0.4, 0.5) is 5.69 Å². The predicted molar refractivity (Wildman–Crippen MR) is 110 cm³/mol. The lowest BCUT2D eigenvalue weighted by Gasteiger charge is -2.11. The number of hydrogen-bond acceptors (Lipinski definition) is 5. The quantitative estimate of drug-likeness (QED) is 0.653. The number of benzene rings is 2. The Kier molecular flexibility index (Phi) is 5.73. The average molecular weight is 366 g/mol. The molecular formula is C20H22N4OS. The fraction of sp³-hybridized carbons (Fsp3) is 0.250. The van der Waals surface area contributed by atoms with E-state index in [1.54, 1.807) is 6.21 Å². The maximum absolute atomic E-state index is 12.1. The van der Waals surface area contributed by atoms with E-state index in [-0.39, 0.29) is 11.2 Å². The molecule has 1 N–H and O–H groups in total. The van der Waals surface area contributed by atoms with Crippen LogP contribution >= 0.6 is 11.8 Å². The summed E-state index contributed by atoms with van der Waals surface area (Å²) < 4.78 is 0. The number of rotatable bonds is 5. The molecule has 1 aliphatic rings. The van der Waals surface area contributed by atoms with E-state index >= 15 is 0 Å². The average Bonchev–Trinajstić information content (AvgIpc) is 2.97. The summed E-state index contributed by atoms with van der Waals surface area (Å²) in [4.78, 5) is 14.2. The zero-order chi connectivity index (χ0) is 18.5. The summed E-state index contributed by atoms with van der Waals surface area (Å²) >= 11 is 1.43. The molecule has 6 heteroatoms. The molecule has 0 saturated carbocycles. The molecule has 0 unspecified atom stereocenters. The summed E-state index contributed by atoms with van der Waals surface area (Å²) in [6, 6.07) is 16.3. The number of carbonyl (C=O) groups excluding carboxylic acids is 1. The van der Waals surface area contributed by atoms with Crippen LogP contribution in [0.25, 0.3) is 0 Å². The summed E-state index contributed by atoms with van der Waals surface area (Å²) in [6.07, 6.45) is 2.37. The van der Waals surface area contributed by atoms with Crippen LogP contribution in [0.5, 0.6) is 0 Å². The molecule has 0 aliphatic carbocycles. The molecule has 1 amide bonds. The molecule has 3 rings (SSSR count). The Hall–Kier alpha value is -2.60. The van der Waals surface area contributed by atoms with Crippen LogP contribution in [0.15, 0.2) is 58.7 Å². The van der Waals surface area contributed by atoms with Crippen molar-refractivity contribution in [3.8, 4) is 0 Å². The molecule has 1 atom stereocenters. The Morgan fingerprint density at radius 1 is 1.12 bits per heavy atom.